The summed E-state index contributed by atoms with van der Waals surface area (Å²) >= 11 is 42.3. The van der Waals surface area contributed by atoms with E-state index in [2.05, 4.69) is 44.7 Å². The second kappa shape index (κ2) is 34.2. The summed E-state index contributed by atoms with van der Waals surface area (Å²) in [6.45, 7) is 5.25. The SMILES string of the molecule is Cl.Cl.Clc1ccc(CCN2CN=C(SCc3ccccc3CSC3=NCN(CCc4ccc(Cl)cc4Cl)CN3)NC2)c(Cl)c1.N=C(N)SCc1ccccc1CSC(=N)N.NCCc1ccc(Cl)cc1Cl. The first-order valence-electron chi connectivity index (χ1n) is 21.6. The van der Waals surface area contributed by atoms with E-state index in [1.165, 1.54) is 34.7 Å². The van der Waals surface area contributed by atoms with Crippen LogP contribution in [-0.4, -0.2) is 76.8 Å². The van der Waals surface area contributed by atoms with Crippen LogP contribution in [0, 0.1) is 10.8 Å². The van der Waals surface area contributed by atoms with E-state index in [-0.39, 0.29) is 35.1 Å². The van der Waals surface area contributed by atoms with Gasteiger partial charge in [0.2, 0.25) is 0 Å². The van der Waals surface area contributed by atoms with Crippen molar-refractivity contribution in [3.8, 4) is 0 Å². The van der Waals surface area contributed by atoms with E-state index >= 15 is 0 Å². The van der Waals surface area contributed by atoms with Gasteiger partial charge in [-0.1, -0.05) is 183 Å². The first-order valence-corrected chi connectivity index (χ1v) is 27.8. The number of hydrogen-bond donors (Lipinski definition) is 7. The van der Waals surface area contributed by atoms with Crippen LogP contribution in [0.3, 0.4) is 0 Å². The highest BCUT2D eigenvalue weighted by atomic mass is 35.5. The lowest BCUT2D eigenvalue weighted by Gasteiger charge is -2.27. The van der Waals surface area contributed by atoms with Crippen molar-refractivity contribution in [1.29, 1.82) is 10.8 Å². The molecule has 0 spiro atoms. The van der Waals surface area contributed by atoms with Gasteiger partial charge in [-0.15, -0.1) is 24.8 Å². The molecule has 2 aliphatic heterocycles. The molecule has 71 heavy (non-hydrogen) atoms. The first-order chi connectivity index (χ1) is 33.3. The molecule has 0 amide bonds. The smallest absolute Gasteiger partial charge is 0.159 e. The fourth-order valence-electron chi connectivity index (χ4n) is 6.56. The lowest BCUT2D eigenvalue weighted by atomic mass is 10.1. The number of nitrogens with two attached hydrogens (primary N) is 3. The minimum atomic E-state index is 0. The lowest BCUT2D eigenvalue weighted by molar-refractivity contribution is 0.270. The van der Waals surface area contributed by atoms with Gasteiger partial charge < -0.3 is 27.8 Å². The summed E-state index contributed by atoms with van der Waals surface area (Å²) in [4.78, 5) is 14.1. The van der Waals surface area contributed by atoms with Crippen LogP contribution in [0.1, 0.15) is 38.9 Å². The van der Waals surface area contributed by atoms with E-state index < -0.39 is 0 Å². The Kier molecular flexibility index (Phi) is 30.3. The van der Waals surface area contributed by atoms with Crippen LogP contribution in [0.4, 0.5) is 0 Å². The summed E-state index contributed by atoms with van der Waals surface area (Å²) in [5.74, 6) is 3.10. The molecule has 0 aliphatic carbocycles. The van der Waals surface area contributed by atoms with Crippen molar-refractivity contribution in [2.45, 2.75) is 42.3 Å². The number of benzene rings is 5. The van der Waals surface area contributed by atoms with Crippen molar-refractivity contribution in [2.75, 3.05) is 46.3 Å². The Labute approximate surface area is 477 Å². The predicted molar refractivity (Wildman–Crippen MR) is 320 cm³/mol. The van der Waals surface area contributed by atoms with Crippen LogP contribution >= 0.6 is 141 Å². The second-order valence-electron chi connectivity index (χ2n) is 15.3. The molecule has 384 valence electrons. The Balaban J connectivity index is 0.000000376. The third-order valence-electron chi connectivity index (χ3n) is 10.3. The maximum absolute atomic E-state index is 7.17. The largest absolute Gasteiger partial charge is 0.379 e. The zero-order chi connectivity index (χ0) is 49.5. The van der Waals surface area contributed by atoms with Crippen molar-refractivity contribution < 1.29 is 0 Å². The molecule has 0 aromatic heterocycles. The van der Waals surface area contributed by atoms with Gasteiger partial charge in [0, 0.05) is 66.2 Å². The minimum Gasteiger partial charge on any atom is -0.379 e. The summed E-state index contributed by atoms with van der Waals surface area (Å²) in [5.41, 5.74) is 24.1. The van der Waals surface area contributed by atoms with Gasteiger partial charge in [-0.2, -0.15) is 0 Å². The van der Waals surface area contributed by atoms with E-state index in [1.807, 2.05) is 60.7 Å². The summed E-state index contributed by atoms with van der Waals surface area (Å²) in [7, 11) is 0. The third kappa shape index (κ3) is 23.3. The number of thioether (sulfide) groups is 4. The zero-order valence-corrected chi connectivity index (χ0v) is 47.9. The molecule has 0 fully saturated rings. The number of amidine groups is 4. The van der Waals surface area contributed by atoms with Crippen molar-refractivity contribution >= 4 is 162 Å². The number of hydrogen-bond acceptors (Lipinski definition) is 13. The van der Waals surface area contributed by atoms with Gasteiger partial charge in [0.25, 0.3) is 0 Å². The Morgan fingerprint density at radius 1 is 0.507 bits per heavy atom. The number of nitrogens with zero attached hydrogens (tertiary/aromatic N) is 4. The molecule has 2 aliphatic rings. The average Bonchev–Trinajstić information content (AvgIpc) is 3.33. The highest BCUT2D eigenvalue weighted by molar-refractivity contribution is 8.14. The second-order valence-corrected chi connectivity index (χ2v) is 21.8. The Morgan fingerprint density at radius 3 is 1.14 bits per heavy atom. The Bertz CT molecular complexity index is 2400. The van der Waals surface area contributed by atoms with Crippen LogP contribution in [0.2, 0.25) is 30.1 Å². The number of halogens is 8. The molecule has 0 saturated carbocycles. The Morgan fingerprint density at radius 2 is 0.845 bits per heavy atom. The summed E-state index contributed by atoms with van der Waals surface area (Å²) in [6, 6.07) is 33.3. The third-order valence-corrected chi connectivity index (χ3v) is 15.6. The molecule has 2 heterocycles. The molecule has 7 rings (SSSR count). The molecule has 11 nitrogen and oxygen atoms in total. The molecule has 23 heteroatoms. The van der Waals surface area contributed by atoms with Gasteiger partial charge >= 0.3 is 0 Å². The van der Waals surface area contributed by atoms with Crippen LogP contribution < -0.4 is 27.8 Å². The fourth-order valence-corrected chi connectivity index (χ4v) is 11.0. The first kappa shape index (κ1) is 62.9. The van der Waals surface area contributed by atoms with Crippen molar-refractivity contribution in [3.05, 3.63) is 172 Å². The average molecular weight is 1200 g/mol. The van der Waals surface area contributed by atoms with Gasteiger partial charge in [0.15, 0.2) is 20.7 Å². The van der Waals surface area contributed by atoms with Crippen LogP contribution in [0.5, 0.6) is 0 Å². The van der Waals surface area contributed by atoms with Crippen LogP contribution in [0.15, 0.2) is 113 Å². The van der Waals surface area contributed by atoms with Gasteiger partial charge in [0.1, 0.15) is 0 Å². The van der Waals surface area contributed by atoms with E-state index in [0.717, 1.165) is 95.3 Å². The zero-order valence-electron chi connectivity index (χ0n) is 38.5. The summed E-state index contributed by atoms with van der Waals surface area (Å²) in [5, 5.41) is 27.6. The molecule has 0 radical (unpaired) electrons. The van der Waals surface area contributed by atoms with Gasteiger partial charge in [-0.05, 0) is 101 Å². The molecule has 0 bridgehead atoms. The molecular weight excluding hydrogens is 1140 g/mol. The summed E-state index contributed by atoms with van der Waals surface area (Å²) < 4.78 is 0. The van der Waals surface area contributed by atoms with E-state index in [4.69, 9.17) is 108 Å². The van der Waals surface area contributed by atoms with E-state index in [9.17, 15) is 0 Å². The van der Waals surface area contributed by atoms with E-state index in [0.29, 0.717) is 61.5 Å². The van der Waals surface area contributed by atoms with Crippen molar-refractivity contribution in [3.63, 3.8) is 0 Å². The molecule has 10 N–H and O–H groups in total. The Hall–Kier alpha value is -2.42. The number of nitrogens with one attached hydrogen (secondary N) is 4. The van der Waals surface area contributed by atoms with E-state index in [1.54, 1.807) is 41.7 Å². The highest BCUT2D eigenvalue weighted by Crippen LogP contribution is 2.26. The monoisotopic (exact) mass is 1200 g/mol. The topological polar surface area (TPSA) is 181 Å². The standard InChI is InChI=1S/C30H32Cl4N6S2.C10H14N4S2.C8H9Cl2N.2ClH/c31-25-7-5-21(27(33)13-25)9-11-39-17-35-29(36-18-39)41-15-23-3-1-2-4-24(23)16-42-30-37-19-40(20-38-30)12-10-22-6-8-26(32)14-28(22)34;11-9(12)15-5-7-3-1-2-4-8(7)6-16-10(13)14;9-7-2-1-6(3-4-11)8(10)5-7;;/h1-8,13-14H,9-12,15-20H2,(H,35,36)(H,37,38);1-4H,5-6H2,(H3,11,12)(H3,13,14);1-2,5H,3-4,11H2;2*1H. The number of rotatable bonds is 16. The van der Waals surface area contributed by atoms with Gasteiger partial charge in [-0.3, -0.25) is 20.6 Å². The number of aliphatic imine (C=N–C) groups is 2. The van der Waals surface area contributed by atoms with Crippen molar-refractivity contribution in [2.24, 2.45) is 27.2 Å². The normalized spacial score (nSPS) is 13.3. The molecular formula is C48H57Cl8N11S4. The van der Waals surface area contributed by atoms with Gasteiger partial charge in [0.05, 0.1) is 26.7 Å². The maximum Gasteiger partial charge on any atom is 0.159 e. The minimum absolute atomic E-state index is 0. The van der Waals surface area contributed by atoms with Gasteiger partial charge in [-0.25, -0.2) is 9.98 Å². The molecule has 0 unspecified atom stereocenters. The molecule has 0 saturated heterocycles. The summed E-state index contributed by atoms with van der Waals surface area (Å²) in [6.07, 6.45) is 2.52. The fraction of sp³-hybridized carbons (Fsp3) is 0.292. The lowest BCUT2D eigenvalue weighted by Crippen LogP contribution is -2.42. The quantitative estimate of drug-likeness (QED) is 0.0369. The molecule has 5 aromatic carbocycles. The van der Waals surface area contributed by atoms with Crippen LogP contribution in [-0.2, 0) is 42.3 Å². The van der Waals surface area contributed by atoms with Crippen molar-refractivity contribution in [1.82, 2.24) is 20.4 Å². The predicted octanol–water partition coefficient (Wildman–Crippen LogP) is 12.9. The maximum atomic E-state index is 7.17. The highest BCUT2D eigenvalue weighted by Gasteiger charge is 2.17. The van der Waals surface area contributed by atoms with Crippen LogP contribution in [0.25, 0.3) is 0 Å². The molecule has 0 atom stereocenters. The molecule has 5 aromatic rings.